The number of aromatic amines is 2. The first kappa shape index (κ1) is 9.41. The van der Waals surface area contributed by atoms with Crippen LogP contribution in [0.1, 0.15) is 0 Å². The average Bonchev–Trinajstić information content (AvgIpc) is 3.01. The molecule has 2 aromatic carbocycles. The monoisotopic (exact) mass is 234 g/mol. The summed E-state index contributed by atoms with van der Waals surface area (Å²) in [5.74, 6) is 0. The molecule has 0 aliphatic carbocycles. The van der Waals surface area contributed by atoms with Crippen molar-refractivity contribution in [3.63, 3.8) is 0 Å². The van der Waals surface area contributed by atoms with E-state index in [4.69, 9.17) is 0 Å². The Hall–Kier alpha value is -2.62. The van der Waals surface area contributed by atoms with Crippen molar-refractivity contribution in [3.8, 4) is 11.4 Å². The van der Waals surface area contributed by atoms with Crippen molar-refractivity contribution < 1.29 is 0 Å². The number of rotatable bonds is 1. The van der Waals surface area contributed by atoms with Crippen molar-refractivity contribution in [2.75, 3.05) is 0 Å². The Bertz CT molecular complexity index is 769. The SMILES string of the molecule is c1ccc2c(-c3n[nH]c4ccccc34)n[nH]c2c1. The van der Waals surface area contributed by atoms with Gasteiger partial charge in [-0.25, -0.2) is 0 Å². The molecule has 2 aromatic heterocycles. The van der Waals surface area contributed by atoms with E-state index in [1.807, 2.05) is 36.4 Å². The zero-order valence-corrected chi connectivity index (χ0v) is 9.51. The number of nitrogens with one attached hydrogen (secondary N) is 2. The molecule has 0 radical (unpaired) electrons. The van der Waals surface area contributed by atoms with Crippen molar-refractivity contribution in [2.24, 2.45) is 0 Å². The number of nitrogens with zero attached hydrogens (tertiary/aromatic N) is 2. The highest BCUT2D eigenvalue weighted by molar-refractivity contribution is 6.00. The highest BCUT2D eigenvalue weighted by atomic mass is 15.2. The number of hydrogen-bond acceptors (Lipinski definition) is 2. The highest BCUT2D eigenvalue weighted by Gasteiger charge is 2.13. The van der Waals surface area contributed by atoms with Crippen molar-refractivity contribution in [1.82, 2.24) is 20.4 Å². The van der Waals surface area contributed by atoms with Gasteiger partial charge in [-0.05, 0) is 12.1 Å². The fraction of sp³-hybridized carbons (Fsp3) is 0. The molecular weight excluding hydrogens is 224 g/mol. The molecule has 86 valence electrons. The first-order chi connectivity index (χ1) is 8.93. The lowest BCUT2D eigenvalue weighted by Gasteiger charge is -1.93. The van der Waals surface area contributed by atoms with E-state index in [-0.39, 0.29) is 0 Å². The van der Waals surface area contributed by atoms with Crippen LogP contribution in [-0.4, -0.2) is 20.4 Å². The summed E-state index contributed by atoms with van der Waals surface area (Å²) in [6.45, 7) is 0. The van der Waals surface area contributed by atoms with E-state index in [9.17, 15) is 0 Å². The van der Waals surface area contributed by atoms with E-state index in [2.05, 4.69) is 32.5 Å². The minimum atomic E-state index is 0.892. The third-order valence-corrected chi connectivity index (χ3v) is 3.16. The van der Waals surface area contributed by atoms with E-state index < -0.39 is 0 Å². The number of H-pyrrole nitrogens is 2. The molecule has 0 fully saturated rings. The molecule has 18 heavy (non-hydrogen) atoms. The Labute approximate surface area is 103 Å². The van der Waals surface area contributed by atoms with Crippen LogP contribution >= 0.6 is 0 Å². The zero-order chi connectivity index (χ0) is 11.9. The van der Waals surface area contributed by atoms with Gasteiger partial charge in [-0.2, -0.15) is 10.2 Å². The van der Waals surface area contributed by atoms with E-state index in [0.29, 0.717) is 0 Å². The molecule has 0 unspecified atom stereocenters. The molecular formula is C14H10N4. The third-order valence-electron chi connectivity index (χ3n) is 3.16. The minimum Gasteiger partial charge on any atom is -0.277 e. The lowest BCUT2D eigenvalue weighted by atomic mass is 10.1. The van der Waals surface area contributed by atoms with Gasteiger partial charge in [-0.3, -0.25) is 10.2 Å². The first-order valence-electron chi connectivity index (χ1n) is 5.80. The third kappa shape index (κ3) is 1.20. The van der Waals surface area contributed by atoms with Gasteiger partial charge in [-0.15, -0.1) is 0 Å². The molecule has 0 aliphatic heterocycles. The van der Waals surface area contributed by atoms with E-state index in [1.54, 1.807) is 0 Å². The van der Waals surface area contributed by atoms with E-state index in [1.165, 1.54) is 0 Å². The molecule has 4 heteroatoms. The highest BCUT2D eigenvalue weighted by Crippen LogP contribution is 2.29. The fourth-order valence-corrected chi connectivity index (χ4v) is 2.29. The summed E-state index contributed by atoms with van der Waals surface area (Å²) < 4.78 is 0. The molecule has 2 heterocycles. The number of para-hydroxylation sites is 2. The standard InChI is InChI=1S/C14H10N4/c1-3-7-11-9(5-1)13(17-15-11)14-10-6-2-4-8-12(10)16-18-14/h1-8H,(H,15,17)(H,16,18). The molecule has 4 rings (SSSR count). The van der Waals surface area contributed by atoms with Gasteiger partial charge in [0, 0.05) is 10.8 Å². The first-order valence-corrected chi connectivity index (χ1v) is 5.80. The molecule has 0 aliphatic rings. The van der Waals surface area contributed by atoms with Crippen LogP contribution in [0, 0.1) is 0 Å². The van der Waals surface area contributed by atoms with Crippen molar-refractivity contribution in [2.45, 2.75) is 0 Å². The summed E-state index contributed by atoms with van der Waals surface area (Å²) in [5, 5.41) is 17.0. The quantitative estimate of drug-likeness (QED) is 0.531. The lowest BCUT2D eigenvalue weighted by Crippen LogP contribution is -1.79. The predicted octanol–water partition coefficient (Wildman–Crippen LogP) is 3.11. The van der Waals surface area contributed by atoms with Crippen LogP contribution in [0.25, 0.3) is 33.2 Å². The molecule has 2 N–H and O–H groups in total. The maximum atomic E-state index is 4.38. The van der Waals surface area contributed by atoms with Gasteiger partial charge in [0.1, 0.15) is 11.4 Å². The van der Waals surface area contributed by atoms with E-state index >= 15 is 0 Å². The van der Waals surface area contributed by atoms with Gasteiger partial charge in [0.2, 0.25) is 0 Å². The average molecular weight is 234 g/mol. The topological polar surface area (TPSA) is 57.4 Å². The Morgan fingerprint density at radius 3 is 1.56 bits per heavy atom. The molecule has 0 bridgehead atoms. The van der Waals surface area contributed by atoms with Gasteiger partial charge < -0.3 is 0 Å². The maximum absolute atomic E-state index is 4.38. The van der Waals surface area contributed by atoms with Crippen LogP contribution in [0.3, 0.4) is 0 Å². The molecule has 0 saturated carbocycles. The second kappa shape index (κ2) is 3.43. The summed E-state index contributed by atoms with van der Waals surface area (Å²) in [5.41, 5.74) is 3.84. The largest absolute Gasteiger partial charge is 0.277 e. The fourth-order valence-electron chi connectivity index (χ4n) is 2.29. The summed E-state index contributed by atoms with van der Waals surface area (Å²) in [6, 6.07) is 16.1. The number of benzene rings is 2. The normalized spacial score (nSPS) is 11.3. The van der Waals surface area contributed by atoms with Crippen molar-refractivity contribution >= 4 is 21.8 Å². The van der Waals surface area contributed by atoms with Gasteiger partial charge in [0.05, 0.1) is 11.0 Å². The molecule has 4 nitrogen and oxygen atoms in total. The van der Waals surface area contributed by atoms with Crippen molar-refractivity contribution in [1.29, 1.82) is 0 Å². The maximum Gasteiger partial charge on any atom is 0.121 e. The number of hydrogen-bond donors (Lipinski definition) is 2. The Morgan fingerprint density at radius 1 is 0.611 bits per heavy atom. The van der Waals surface area contributed by atoms with Crippen LogP contribution in [0.5, 0.6) is 0 Å². The second-order valence-electron chi connectivity index (χ2n) is 4.24. The second-order valence-corrected chi connectivity index (χ2v) is 4.24. The Kier molecular flexibility index (Phi) is 1.80. The summed E-state index contributed by atoms with van der Waals surface area (Å²) in [7, 11) is 0. The van der Waals surface area contributed by atoms with Gasteiger partial charge in [-0.1, -0.05) is 36.4 Å². The van der Waals surface area contributed by atoms with Crippen LogP contribution in [-0.2, 0) is 0 Å². The summed E-state index contributed by atoms with van der Waals surface area (Å²) >= 11 is 0. The van der Waals surface area contributed by atoms with Gasteiger partial charge >= 0.3 is 0 Å². The lowest BCUT2D eigenvalue weighted by molar-refractivity contribution is 1.08. The molecule has 0 amide bonds. The Morgan fingerprint density at radius 2 is 1.06 bits per heavy atom. The Balaban J connectivity index is 2.08. The van der Waals surface area contributed by atoms with Gasteiger partial charge in [0.25, 0.3) is 0 Å². The van der Waals surface area contributed by atoms with Crippen LogP contribution in [0.15, 0.2) is 48.5 Å². The number of aromatic nitrogens is 4. The van der Waals surface area contributed by atoms with Crippen LogP contribution in [0.4, 0.5) is 0 Å². The smallest absolute Gasteiger partial charge is 0.121 e. The van der Waals surface area contributed by atoms with Gasteiger partial charge in [0.15, 0.2) is 0 Å². The molecule has 0 spiro atoms. The molecule has 0 saturated heterocycles. The molecule has 0 atom stereocenters. The zero-order valence-electron chi connectivity index (χ0n) is 9.51. The minimum absolute atomic E-state index is 0.892. The van der Waals surface area contributed by atoms with Crippen LogP contribution < -0.4 is 0 Å². The van der Waals surface area contributed by atoms with Crippen molar-refractivity contribution in [3.05, 3.63) is 48.5 Å². The molecule has 4 aromatic rings. The summed E-state index contributed by atoms with van der Waals surface area (Å²) in [4.78, 5) is 0. The number of fused-ring (bicyclic) bond motifs is 2. The van der Waals surface area contributed by atoms with Crippen LogP contribution in [0.2, 0.25) is 0 Å². The predicted molar refractivity (Wildman–Crippen MR) is 71.2 cm³/mol. The summed E-state index contributed by atoms with van der Waals surface area (Å²) in [6.07, 6.45) is 0. The van der Waals surface area contributed by atoms with E-state index in [0.717, 1.165) is 33.2 Å².